The van der Waals surface area contributed by atoms with E-state index in [-0.39, 0.29) is 70.8 Å². The van der Waals surface area contributed by atoms with Gasteiger partial charge in [-0.25, -0.2) is 13.2 Å². The van der Waals surface area contributed by atoms with Gasteiger partial charge in [0.05, 0.1) is 13.2 Å². The number of rotatable bonds is 6. The Kier molecular flexibility index (Phi) is 7.11. The van der Waals surface area contributed by atoms with Crippen LogP contribution in [0.2, 0.25) is 0 Å². The Bertz CT molecular complexity index is 840. The van der Waals surface area contributed by atoms with Gasteiger partial charge < -0.3 is 22.6 Å². The molecule has 24 heavy (non-hydrogen) atoms. The summed E-state index contributed by atoms with van der Waals surface area (Å²) >= 11 is 0. The predicted octanol–water partition coefficient (Wildman–Crippen LogP) is -0.840. The molecule has 0 fully saturated rings. The minimum Gasteiger partial charge on any atom is -0.716 e. The van der Waals surface area contributed by atoms with E-state index in [0.717, 1.165) is 0 Å². The van der Waals surface area contributed by atoms with Crippen molar-refractivity contribution in [2.24, 2.45) is 0 Å². The fourth-order valence-corrected chi connectivity index (χ4v) is 2.48. The molecule has 1 aromatic heterocycles. The van der Waals surface area contributed by atoms with E-state index < -0.39 is 16.4 Å². The monoisotopic (exact) mass is 366 g/mol. The molecular formula is C14H15NaO8S. The summed E-state index contributed by atoms with van der Waals surface area (Å²) < 4.78 is 52.7. The summed E-state index contributed by atoms with van der Waals surface area (Å²) in [5, 5.41) is 0.267. The van der Waals surface area contributed by atoms with Crippen LogP contribution < -0.4 is 38.5 Å². The maximum atomic E-state index is 12.0. The van der Waals surface area contributed by atoms with Crippen molar-refractivity contribution in [3.05, 3.63) is 23.5 Å². The van der Waals surface area contributed by atoms with Gasteiger partial charge in [-0.1, -0.05) is 0 Å². The van der Waals surface area contributed by atoms with Crippen LogP contribution in [0.5, 0.6) is 11.5 Å². The van der Waals surface area contributed by atoms with Gasteiger partial charge in [-0.15, -0.1) is 0 Å². The van der Waals surface area contributed by atoms with Gasteiger partial charge in [0.25, 0.3) is 10.4 Å². The van der Waals surface area contributed by atoms with Crippen LogP contribution >= 0.6 is 0 Å². The summed E-state index contributed by atoms with van der Waals surface area (Å²) in [6.45, 7) is 5.28. The molecule has 1 aromatic carbocycles. The summed E-state index contributed by atoms with van der Waals surface area (Å²) in [7, 11) is -5.00. The Morgan fingerprint density at radius 3 is 2.42 bits per heavy atom. The zero-order valence-electron chi connectivity index (χ0n) is 13.7. The first-order valence-corrected chi connectivity index (χ1v) is 8.12. The molecule has 0 aliphatic rings. The van der Waals surface area contributed by atoms with Crippen molar-refractivity contribution in [1.82, 2.24) is 0 Å². The van der Waals surface area contributed by atoms with Crippen molar-refractivity contribution in [3.8, 4) is 11.5 Å². The number of esters is 1. The first-order valence-electron chi connectivity index (χ1n) is 6.79. The Morgan fingerprint density at radius 1 is 1.21 bits per heavy atom. The van der Waals surface area contributed by atoms with E-state index >= 15 is 0 Å². The molecule has 0 bridgehead atoms. The SMILES string of the molecule is CCOC(=O)c1c(C)oc2cc(OCC)c(OS(=O)(=O)[O-])cc12.[Na+]. The van der Waals surface area contributed by atoms with Crippen LogP contribution in [0.15, 0.2) is 16.5 Å². The van der Waals surface area contributed by atoms with Crippen molar-refractivity contribution in [2.45, 2.75) is 20.8 Å². The molecule has 1 heterocycles. The number of aryl methyl sites for hydroxylation is 1. The smallest absolute Gasteiger partial charge is 0.716 e. The van der Waals surface area contributed by atoms with Crippen molar-refractivity contribution in [3.63, 3.8) is 0 Å². The molecule has 0 spiro atoms. The number of carbonyl (C=O) groups excluding carboxylic acids is 1. The minimum absolute atomic E-state index is 0. The standard InChI is InChI=1S/C14H16O8S.Na/c1-4-19-11-7-10-9(6-12(11)22-23(16,17)18)13(8(3)21-10)14(15)20-5-2;/h6-7H,4-5H2,1-3H3,(H,16,17,18);/q;+1/p-1. The number of benzene rings is 1. The second-order valence-corrected chi connectivity index (χ2v) is 5.46. The zero-order chi connectivity index (χ0) is 17.2. The van der Waals surface area contributed by atoms with Crippen molar-refractivity contribution in [2.75, 3.05) is 13.2 Å². The summed E-state index contributed by atoms with van der Waals surface area (Å²) in [6.07, 6.45) is 0. The van der Waals surface area contributed by atoms with Gasteiger partial charge in [0.2, 0.25) is 0 Å². The largest absolute Gasteiger partial charge is 1.00 e. The van der Waals surface area contributed by atoms with Gasteiger partial charge in [0.15, 0.2) is 11.5 Å². The van der Waals surface area contributed by atoms with Crippen LogP contribution in [-0.2, 0) is 15.1 Å². The van der Waals surface area contributed by atoms with E-state index in [4.69, 9.17) is 13.9 Å². The number of furan rings is 1. The topological polar surface area (TPSA) is 115 Å². The van der Waals surface area contributed by atoms with E-state index in [9.17, 15) is 17.8 Å². The van der Waals surface area contributed by atoms with Gasteiger partial charge in [-0.2, -0.15) is 0 Å². The van der Waals surface area contributed by atoms with Gasteiger partial charge in [-0.05, 0) is 26.8 Å². The molecule has 2 rings (SSSR count). The van der Waals surface area contributed by atoms with E-state index in [1.807, 2.05) is 0 Å². The van der Waals surface area contributed by atoms with E-state index in [2.05, 4.69) is 4.18 Å². The number of hydrogen-bond acceptors (Lipinski definition) is 8. The van der Waals surface area contributed by atoms with Gasteiger partial charge in [0.1, 0.15) is 16.9 Å². The minimum atomic E-state index is -5.00. The molecule has 8 nitrogen and oxygen atoms in total. The molecule has 0 radical (unpaired) electrons. The zero-order valence-corrected chi connectivity index (χ0v) is 16.6. The number of ether oxygens (including phenoxy) is 2. The molecule has 10 heteroatoms. The summed E-state index contributed by atoms with van der Waals surface area (Å²) in [5.74, 6) is -0.629. The van der Waals surface area contributed by atoms with Crippen molar-refractivity contribution in [1.29, 1.82) is 0 Å². The third-order valence-corrected chi connectivity index (χ3v) is 3.29. The van der Waals surface area contributed by atoms with Gasteiger partial charge in [-0.3, -0.25) is 0 Å². The van der Waals surface area contributed by atoms with Crippen molar-refractivity contribution >= 4 is 27.3 Å². The first-order chi connectivity index (χ1) is 10.8. The maximum absolute atomic E-state index is 12.0. The Hall–Kier alpha value is -1.26. The maximum Gasteiger partial charge on any atom is 1.00 e. The molecular weight excluding hydrogens is 351 g/mol. The Balaban J connectivity index is 0.00000288. The normalized spacial score (nSPS) is 11.0. The van der Waals surface area contributed by atoms with Gasteiger partial charge >= 0.3 is 35.5 Å². The second-order valence-electron chi connectivity index (χ2n) is 4.47. The Morgan fingerprint density at radius 2 is 1.88 bits per heavy atom. The summed E-state index contributed by atoms with van der Waals surface area (Å²) in [5.41, 5.74) is 0.419. The van der Waals surface area contributed by atoms with Crippen LogP contribution in [0.1, 0.15) is 30.0 Å². The van der Waals surface area contributed by atoms with E-state index in [1.165, 1.54) is 12.1 Å². The molecule has 0 saturated heterocycles. The molecule has 0 aliphatic carbocycles. The van der Waals surface area contributed by atoms with Crippen LogP contribution in [0, 0.1) is 6.92 Å². The third-order valence-electron chi connectivity index (χ3n) is 2.90. The quantitative estimate of drug-likeness (QED) is 0.281. The van der Waals surface area contributed by atoms with Crippen LogP contribution in [0.4, 0.5) is 0 Å². The first kappa shape index (κ1) is 20.8. The van der Waals surface area contributed by atoms with E-state index in [1.54, 1.807) is 20.8 Å². The van der Waals surface area contributed by atoms with Crippen LogP contribution in [0.25, 0.3) is 11.0 Å². The van der Waals surface area contributed by atoms with Crippen LogP contribution in [-0.4, -0.2) is 32.2 Å². The predicted molar refractivity (Wildman–Crippen MR) is 78.4 cm³/mol. The fourth-order valence-electron chi connectivity index (χ4n) is 2.13. The summed E-state index contributed by atoms with van der Waals surface area (Å²) in [6, 6.07) is 2.56. The molecule has 0 amide bonds. The molecule has 0 atom stereocenters. The van der Waals surface area contributed by atoms with Crippen molar-refractivity contribution < 1.29 is 65.4 Å². The van der Waals surface area contributed by atoms with E-state index in [0.29, 0.717) is 5.76 Å². The number of fused-ring (bicyclic) bond motifs is 1. The average Bonchev–Trinajstić information content (AvgIpc) is 2.73. The second kappa shape index (κ2) is 8.21. The molecule has 0 aliphatic heterocycles. The average molecular weight is 366 g/mol. The Labute approximate surface area is 161 Å². The van der Waals surface area contributed by atoms with Gasteiger partial charge in [0, 0.05) is 11.5 Å². The molecule has 2 aromatic rings. The molecule has 0 N–H and O–H groups in total. The fraction of sp³-hybridized carbons (Fsp3) is 0.357. The summed E-state index contributed by atoms with van der Waals surface area (Å²) in [4.78, 5) is 12.0. The number of hydrogen-bond donors (Lipinski definition) is 0. The molecule has 0 unspecified atom stereocenters. The molecule has 126 valence electrons. The number of carbonyl (C=O) groups is 1. The molecule has 0 saturated carbocycles. The van der Waals surface area contributed by atoms with Crippen LogP contribution in [0.3, 0.4) is 0 Å². The third kappa shape index (κ3) is 4.64.